The van der Waals surface area contributed by atoms with Crippen molar-refractivity contribution in [2.45, 2.75) is 23.7 Å². The molecule has 8 nitrogen and oxygen atoms in total. The Balaban J connectivity index is 1.51. The van der Waals surface area contributed by atoms with Crippen LogP contribution in [0.1, 0.15) is 34.9 Å². The van der Waals surface area contributed by atoms with Crippen LogP contribution in [0.15, 0.2) is 53.7 Å². The molecule has 1 saturated heterocycles. The van der Waals surface area contributed by atoms with Crippen molar-refractivity contribution >= 4 is 21.7 Å². The van der Waals surface area contributed by atoms with Gasteiger partial charge < -0.3 is 9.84 Å². The van der Waals surface area contributed by atoms with Crippen LogP contribution >= 0.6 is 0 Å². The van der Waals surface area contributed by atoms with E-state index in [2.05, 4.69) is 9.97 Å². The lowest BCUT2D eigenvalue weighted by molar-refractivity contribution is 0.0691. The van der Waals surface area contributed by atoms with Crippen molar-refractivity contribution < 1.29 is 31.8 Å². The van der Waals surface area contributed by atoms with Crippen LogP contribution in [-0.2, 0) is 14.8 Å². The van der Waals surface area contributed by atoms with Crippen LogP contribution in [0.25, 0.3) is 11.1 Å². The van der Waals surface area contributed by atoms with Crippen molar-refractivity contribution in [3.05, 3.63) is 71.8 Å². The zero-order valence-corrected chi connectivity index (χ0v) is 18.0. The van der Waals surface area contributed by atoms with Crippen molar-refractivity contribution in [1.82, 2.24) is 9.97 Å². The molecule has 1 aliphatic rings. The lowest BCUT2D eigenvalue weighted by atomic mass is 9.99. The summed E-state index contributed by atoms with van der Waals surface area (Å²) < 4.78 is 60.4. The average molecular weight is 475 g/mol. The SMILES string of the molecule is O=C(O)c1cc(F)c(NS(=O)(=O)c2ccc(-c3cnc(C4CCOCC4)nc3)cc2)cc1F. The molecule has 4 rings (SSSR count). The predicted molar refractivity (Wildman–Crippen MR) is 114 cm³/mol. The summed E-state index contributed by atoms with van der Waals surface area (Å²) in [5.41, 5.74) is -0.223. The summed E-state index contributed by atoms with van der Waals surface area (Å²) in [7, 11) is -4.25. The second kappa shape index (κ2) is 9.20. The Bertz CT molecular complexity index is 1280. The number of aromatic carboxylic acids is 1. The minimum atomic E-state index is -4.25. The van der Waals surface area contributed by atoms with Crippen molar-refractivity contribution in [2.24, 2.45) is 0 Å². The summed E-state index contributed by atoms with van der Waals surface area (Å²) in [6, 6.07) is 6.62. The standard InChI is InChI=1S/C22H19F2N3O5S/c23-18-10-20(19(24)9-17(18)22(28)29)27-33(30,31)16-3-1-13(2-4-16)15-11-25-21(26-12-15)14-5-7-32-8-6-14/h1-4,9-12,14,27H,5-8H2,(H,28,29). The number of halogens is 2. The van der Waals surface area contributed by atoms with Gasteiger partial charge in [0.05, 0.1) is 16.1 Å². The number of hydrogen-bond acceptors (Lipinski definition) is 6. The number of ether oxygens (including phenoxy) is 1. The Morgan fingerprint density at radius 1 is 1.00 bits per heavy atom. The molecule has 0 aliphatic carbocycles. The van der Waals surface area contributed by atoms with Gasteiger partial charge in [0.2, 0.25) is 0 Å². The fourth-order valence-corrected chi connectivity index (χ4v) is 4.53. The summed E-state index contributed by atoms with van der Waals surface area (Å²) in [6.45, 7) is 1.36. The summed E-state index contributed by atoms with van der Waals surface area (Å²) in [6.07, 6.45) is 5.06. The minimum absolute atomic E-state index is 0.187. The molecular weight excluding hydrogens is 456 g/mol. The molecule has 0 atom stereocenters. The molecule has 1 aromatic heterocycles. The molecule has 2 aromatic carbocycles. The summed E-state index contributed by atoms with van der Waals surface area (Å²) in [5, 5.41) is 8.83. The highest BCUT2D eigenvalue weighted by Gasteiger charge is 2.21. The molecule has 0 radical (unpaired) electrons. The maximum absolute atomic E-state index is 14.1. The first-order valence-corrected chi connectivity index (χ1v) is 11.5. The first-order valence-electron chi connectivity index (χ1n) is 10.00. The third-order valence-corrected chi connectivity index (χ3v) is 6.67. The Labute approximate surface area is 188 Å². The quantitative estimate of drug-likeness (QED) is 0.556. The van der Waals surface area contributed by atoms with Crippen molar-refractivity contribution in [3.63, 3.8) is 0 Å². The normalized spacial score (nSPS) is 14.7. The molecule has 172 valence electrons. The Morgan fingerprint density at radius 2 is 1.64 bits per heavy atom. The number of nitrogens with one attached hydrogen (secondary N) is 1. The van der Waals surface area contributed by atoms with E-state index in [1.807, 2.05) is 4.72 Å². The Hall–Kier alpha value is -3.44. The number of carbonyl (C=O) groups is 1. The predicted octanol–water partition coefficient (Wildman–Crippen LogP) is 3.81. The molecule has 33 heavy (non-hydrogen) atoms. The molecule has 0 unspecified atom stereocenters. The largest absolute Gasteiger partial charge is 0.478 e. The van der Waals surface area contributed by atoms with Crippen LogP contribution in [0.3, 0.4) is 0 Å². The van der Waals surface area contributed by atoms with Crippen LogP contribution in [0.2, 0.25) is 0 Å². The highest BCUT2D eigenvalue weighted by atomic mass is 32.2. The van der Waals surface area contributed by atoms with Gasteiger partial charge in [0, 0.05) is 43.2 Å². The average Bonchev–Trinajstić information content (AvgIpc) is 2.81. The number of rotatable bonds is 6. The minimum Gasteiger partial charge on any atom is -0.478 e. The molecule has 1 fully saturated rings. The van der Waals surface area contributed by atoms with Gasteiger partial charge in [0.25, 0.3) is 10.0 Å². The van der Waals surface area contributed by atoms with E-state index >= 15 is 0 Å². The second-order valence-corrected chi connectivity index (χ2v) is 9.15. The van der Waals surface area contributed by atoms with Gasteiger partial charge in [-0.15, -0.1) is 0 Å². The van der Waals surface area contributed by atoms with E-state index in [-0.39, 0.29) is 10.8 Å². The number of aromatic nitrogens is 2. The first kappa shape index (κ1) is 22.7. The third-order valence-electron chi connectivity index (χ3n) is 5.29. The summed E-state index contributed by atoms with van der Waals surface area (Å²) in [4.78, 5) is 19.5. The molecule has 2 N–H and O–H groups in total. The maximum Gasteiger partial charge on any atom is 0.338 e. The summed E-state index contributed by atoms with van der Waals surface area (Å²) >= 11 is 0. The zero-order valence-electron chi connectivity index (χ0n) is 17.2. The number of nitrogens with zero attached hydrogens (tertiary/aromatic N) is 2. The number of sulfonamides is 1. The third kappa shape index (κ3) is 4.99. The van der Waals surface area contributed by atoms with E-state index in [0.29, 0.717) is 36.5 Å². The van der Waals surface area contributed by atoms with Gasteiger partial charge in [0.15, 0.2) is 0 Å². The van der Waals surface area contributed by atoms with E-state index in [0.717, 1.165) is 18.7 Å². The van der Waals surface area contributed by atoms with E-state index in [1.165, 1.54) is 12.1 Å². The molecule has 1 aliphatic heterocycles. The maximum atomic E-state index is 14.1. The monoisotopic (exact) mass is 475 g/mol. The van der Waals surface area contributed by atoms with E-state index in [4.69, 9.17) is 9.84 Å². The summed E-state index contributed by atoms with van der Waals surface area (Å²) in [5.74, 6) is -3.15. The second-order valence-electron chi connectivity index (χ2n) is 7.46. The van der Waals surface area contributed by atoms with Crippen LogP contribution in [-0.4, -0.2) is 42.7 Å². The zero-order chi connectivity index (χ0) is 23.6. The molecule has 0 saturated carbocycles. The van der Waals surface area contributed by atoms with Crippen LogP contribution < -0.4 is 4.72 Å². The smallest absolute Gasteiger partial charge is 0.338 e. The molecule has 3 aromatic rings. The van der Waals surface area contributed by atoms with Crippen molar-refractivity contribution in [2.75, 3.05) is 17.9 Å². The topological polar surface area (TPSA) is 118 Å². The van der Waals surface area contributed by atoms with Crippen molar-refractivity contribution in [3.8, 4) is 11.1 Å². The van der Waals surface area contributed by atoms with Gasteiger partial charge in [-0.3, -0.25) is 4.72 Å². The lowest BCUT2D eigenvalue weighted by Crippen LogP contribution is -2.16. The molecule has 0 bridgehead atoms. The van der Waals surface area contributed by atoms with E-state index in [1.54, 1.807) is 24.5 Å². The number of anilines is 1. The van der Waals surface area contributed by atoms with Gasteiger partial charge in [-0.2, -0.15) is 0 Å². The van der Waals surface area contributed by atoms with Gasteiger partial charge in [-0.05, 0) is 36.6 Å². The number of benzene rings is 2. The number of carboxylic acid groups (broad SMARTS) is 1. The van der Waals surface area contributed by atoms with Gasteiger partial charge in [-0.1, -0.05) is 12.1 Å². The molecular formula is C22H19F2N3O5S. The lowest BCUT2D eigenvalue weighted by Gasteiger charge is -2.20. The number of hydrogen-bond donors (Lipinski definition) is 2. The Morgan fingerprint density at radius 3 is 2.24 bits per heavy atom. The molecule has 0 spiro atoms. The first-order chi connectivity index (χ1) is 15.7. The number of carboxylic acids is 1. The van der Waals surface area contributed by atoms with Crippen LogP contribution in [0.4, 0.5) is 14.5 Å². The van der Waals surface area contributed by atoms with Crippen molar-refractivity contribution in [1.29, 1.82) is 0 Å². The Kier molecular flexibility index (Phi) is 6.34. The highest BCUT2D eigenvalue weighted by molar-refractivity contribution is 7.92. The fraction of sp³-hybridized carbons (Fsp3) is 0.227. The van der Waals surface area contributed by atoms with Gasteiger partial charge in [-0.25, -0.2) is 32.0 Å². The highest BCUT2D eigenvalue weighted by Crippen LogP contribution is 2.27. The van der Waals surface area contributed by atoms with Gasteiger partial charge in [0.1, 0.15) is 17.5 Å². The van der Waals surface area contributed by atoms with E-state index in [9.17, 15) is 22.0 Å². The molecule has 0 amide bonds. The van der Waals surface area contributed by atoms with Gasteiger partial charge >= 0.3 is 5.97 Å². The van der Waals surface area contributed by atoms with Crippen LogP contribution in [0, 0.1) is 11.6 Å². The fourth-order valence-electron chi connectivity index (χ4n) is 3.47. The van der Waals surface area contributed by atoms with Crippen LogP contribution in [0.5, 0.6) is 0 Å². The molecule has 2 heterocycles. The van der Waals surface area contributed by atoms with E-state index < -0.39 is 38.9 Å². The molecule has 11 heteroatoms.